The fraction of sp³-hybridized carbons (Fsp3) is 0.412. The van der Waals surface area contributed by atoms with Crippen LogP contribution in [-0.2, 0) is 45.4 Å². The number of halogens is 7. The number of nitrogens with two attached hydrogens (primary N) is 3. The Morgan fingerprint density at radius 2 is 0.854 bits per heavy atom. The van der Waals surface area contributed by atoms with Gasteiger partial charge in [0.15, 0.2) is 0 Å². The summed E-state index contributed by atoms with van der Waals surface area (Å²) in [4.78, 5) is 76.8. The quantitative estimate of drug-likeness (QED) is 0.0508. The Balaban J connectivity index is 0.000000216. The molecule has 4 saturated heterocycles. The second-order valence-electron chi connectivity index (χ2n) is 24.7. The summed E-state index contributed by atoms with van der Waals surface area (Å²) in [6, 6.07) is 33.7. The van der Waals surface area contributed by atoms with Gasteiger partial charge in [0.25, 0.3) is 0 Å². The van der Waals surface area contributed by atoms with Crippen LogP contribution in [0.5, 0.6) is 0 Å². The Bertz CT molecular complexity index is 3670. The van der Waals surface area contributed by atoms with Crippen LogP contribution in [-0.4, -0.2) is 146 Å². The first-order valence-electron chi connectivity index (χ1n) is 31.3. The molecule has 4 aliphatic rings. The number of anilines is 1. The number of rotatable bonds is 12. The first-order chi connectivity index (χ1) is 44.9. The summed E-state index contributed by atoms with van der Waals surface area (Å²) in [5, 5.41) is 26.1. The van der Waals surface area contributed by atoms with E-state index in [2.05, 4.69) is 79.8 Å². The molecule has 0 unspecified atom stereocenters. The zero-order valence-electron chi connectivity index (χ0n) is 54.5. The molecule has 13 N–H and O–H groups in total. The highest BCUT2D eigenvalue weighted by atomic mass is 35.5. The van der Waals surface area contributed by atoms with E-state index in [1.54, 1.807) is 12.5 Å². The smallest absolute Gasteiger partial charge is 0.309 e. The fourth-order valence-electron chi connectivity index (χ4n) is 10.6. The van der Waals surface area contributed by atoms with Crippen LogP contribution in [0.2, 0.25) is 25.2 Å². The summed E-state index contributed by atoms with van der Waals surface area (Å²) >= 11 is 28.9. The zero-order valence-corrected chi connectivity index (χ0v) is 59.9. The lowest BCUT2D eigenvalue weighted by Crippen LogP contribution is -2.59. The van der Waals surface area contributed by atoms with Gasteiger partial charge in [-0.2, -0.15) is 0 Å². The molecule has 21 nitrogen and oxygen atoms in total. The number of carbonyl (C=O) groups is 4. The Morgan fingerprint density at radius 1 is 0.490 bits per heavy atom. The molecule has 8 heterocycles. The molecule has 0 bridgehead atoms. The van der Waals surface area contributed by atoms with Crippen molar-refractivity contribution in [3.05, 3.63) is 182 Å². The van der Waals surface area contributed by atoms with Crippen molar-refractivity contribution in [2.45, 2.75) is 102 Å². The van der Waals surface area contributed by atoms with E-state index < -0.39 is 22.5 Å². The van der Waals surface area contributed by atoms with Gasteiger partial charge in [-0.3, -0.25) is 19.2 Å². The third kappa shape index (κ3) is 24.2. The molecule has 12 rings (SSSR count). The molecular weight excluding hydrogens is 1370 g/mol. The van der Waals surface area contributed by atoms with E-state index in [-0.39, 0.29) is 48.0 Å². The summed E-state index contributed by atoms with van der Waals surface area (Å²) in [6.07, 6.45) is 12.5. The molecule has 4 fully saturated rings. The van der Waals surface area contributed by atoms with Gasteiger partial charge in [0, 0.05) is 77.2 Å². The minimum Gasteiger partial charge on any atom is -0.481 e. The molecule has 0 aliphatic carbocycles. The second kappa shape index (κ2) is 38.7. The number of benzene rings is 4. The number of likely N-dealkylation sites (tertiary alicyclic amines) is 2. The van der Waals surface area contributed by atoms with Crippen molar-refractivity contribution in [2.75, 3.05) is 71.4 Å². The topological polar surface area (TPSA) is 308 Å². The summed E-state index contributed by atoms with van der Waals surface area (Å²) < 4.78 is 0. The standard InChI is InChI=1S/C19H21ClN6O.C15H21ClN2O.C13H18ClN3O.C8H15NO2.C7H8ClN.C6H4ClN3.2ClH/c20-14-3-1-13(2-4-14)11-23-18(27)19(21)6-9-26(10-7-19)17-15-5-8-22-16(15)24-12-25-17;1-15(7-9-18(2)10-8-15)14(19)17-11-12-3-5-13(16)6-4-12;14-11-3-1-10(2-4-11)9-17-12(18)13(15)5-7-16-8-6-13;1-8(7(10)11)3-5-9(2)6-4-8;8-7-3-1-6(5-9)2-4-7;7-5-4-1-2-8-6(4)10-3-9-5;;/h1-5,8,12H,6-7,9-11,21H2,(H,23,27)(H,22,24,25);3-6H,7-11H2,1-2H3,(H,17,19);1-4,16H,5-9,15H2,(H,17,18);3-6H2,1-2H3,(H,10,11);1-4H,5,9H2;1-3H,(H,8,9,10);2*1H. The number of piperidine rings is 4. The highest BCUT2D eigenvalue weighted by molar-refractivity contribution is 6.34. The van der Waals surface area contributed by atoms with Crippen LogP contribution >= 0.6 is 82.8 Å². The molecule has 4 aliphatic heterocycles. The van der Waals surface area contributed by atoms with Crippen molar-refractivity contribution in [3.8, 4) is 0 Å². The molecule has 4 aromatic carbocycles. The Morgan fingerprint density at radius 3 is 1.26 bits per heavy atom. The van der Waals surface area contributed by atoms with Crippen molar-refractivity contribution < 1.29 is 24.3 Å². The number of nitrogens with zero attached hydrogens (tertiary/aromatic N) is 7. The number of carbonyl (C=O) groups excluding carboxylic acids is 3. The maximum Gasteiger partial charge on any atom is 0.309 e. The minimum absolute atomic E-state index is 0. The third-order valence-corrected chi connectivity index (χ3v) is 18.8. The van der Waals surface area contributed by atoms with Gasteiger partial charge >= 0.3 is 5.97 Å². The SMILES string of the molecule is CN1CCC(C)(C(=O)NCc2ccc(Cl)cc2)CC1.CN1CCC(C)(C(=O)O)CC1.Cl.Cl.Clc1ncnc2[nH]ccc12.NC1(C(=O)NCc2ccc(Cl)cc2)CCN(c2ncnc3[nH]ccc23)CC1.NC1(C(=O)NCc2ccc(Cl)cc2)CCNCC1.NCc1ccc(Cl)cc1. The maximum absolute atomic E-state index is 12.7. The second-order valence-corrected chi connectivity index (χ2v) is 26.8. The van der Waals surface area contributed by atoms with E-state index in [1.807, 2.05) is 129 Å². The fourth-order valence-corrected chi connectivity index (χ4v) is 11.3. The normalized spacial score (nSPS) is 16.7. The van der Waals surface area contributed by atoms with Gasteiger partial charge in [0.2, 0.25) is 17.7 Å². The summed E-state index contributed by atoms with van der Waals surface area (Å²) in [6.45, 7) is 12.7. The van der Waals surface area contributed by atoms with Crippen molar-refractivity contribution in [3.63, 3.8) is 0 Å². The van der Waals surface area contributed by atoms with Crippen LogP contribution < -0.4 is 43.4 Å². The van der Waals surface area contributed by atoms with E-state index in [0.717, 1.165) is 125 Å². The molecule has 96 heavy (non-hydrogen) atoms. The first kappa shape index (κ1) is 80.3. The van der Waals surface area contributed by atoms with Crippen molar-refractivity contribution in [1.82, 2.24) is 61.0 Å². The number of H-pyrrole nitrogens is 2. The van der Waals surface area contributed by atoms with Gasteiger partial charge in [0.1, 0.15) is 34.9 Å². The van der Waals surface area contributed by atoms with Crippen molar-refractivity contribution in [2.24, 2.45) is 28.0 Å². The highest BCUT2D eigenvalue weighted by Gasteiger charge is 2.40. The molecule has 8 aromatic rings. The number of fused-ring (bicyclic) bond motifs is 2. The molecule has 0 spiro atoms. The minimum atomic E-state index is -0.868. The van der Waals surface area contributed by atoms with Gasteiger partial charge < -0.3 is 68.2 Å². The lowest BCUT2D eigenvalue weighted by Gasteiger charge is -2.38. The van der Waals surface area contributed by atoms with Crippen LogP contribution in [0.3, 0.4) is 0 Å². The number of aromatic nitrogens is 6. The molecule has 520 valence electrons. The maximum atomic E-state index is 12.7. The molecule has 28 heteroatoms. The molecule has 0 atom stereocenters. The molecular formula is C68H89Cl7N16O5. The molecule has 3 amide bonds. The number of aliphatic carboxylic acids is 1. The zero-order chi connectivity index (χ0) is 67.9. The van der Waals surface area contributed by atoms with E-state index in [4.69, 9.17) is 80.3 Å². The predicted octanol–water partition coefficient (Wildman–Crippen LogP) is 11.0. The van der Waals surface area contributed by atoms with E-state index in [1.165, 1.54) is 6.33 Å². The number of carboxylic acids is 1. The number of carboxylic acid groups (broad SMARTS) is 1. The van der Waals surface area contributed by atoms with Gasteiger partial charge in [-0.15, -0.1) is 24.8 Å². The summed E-state index contributed by atoms with van der Waals surface area (Å²) in [7, 11) is 4.13. The highest BCUT2D eigenvalue weighted by Crippen LogP contribution is 2.32. The lowest BCUT2D eigenvalue weighted by molar-refractivity contribution is -0.150. The number of hydrogen-bond donors (Lipinski definition) is 10. The predicted molar refractivity (Wildman–Crippen MR) is 391 cm³/mol. The van der Waals surface area contributed by atoms with Crippen LogP contribution in [0, 0.1) is 10.8 Å². The number of nitrogens with one attached hydrogen (secondary N) is 6. The Labute approximate surface area is 599 Å². The van der Waals surface area contributed by atoms with Gasteiger partial charge in [-0.05, 0) is 195 Å². The van der Waals surface area contributed by atoms with Gasteiger partial charge in [-0.1, -0.05) is 113 Å². The Kier molecular flexibility index (Phi) is 32.3. The number of amides is 3. The van der Waals surface area contributed by atoms with Crippen LogP contribution in [0.1, 0.15) is 87.5 Å². The van der Waals surface area contributed by atoms with Gasteiger partial charge in [0.05, 0.1) is 27.3 Å². The molecule has 4 aromatic heterocycles. The first-order valence-corrected chi connectivity index (χ1v) is 33.2. The van der Waals surface area contributed by atoms with Crippen molar-refractivity contribution >= 4 is 134 Å². The van der Waals surface area contributed by atoms with Crippen molar-refractivity contribution in [1.29, 1.82) is 0 Å². The lowest BCUT2D eigenvalue weighted by atomic mass is 9.79. The Hall–Kier alpha value is -6.41. The largest absolute Gasteiger partial charge is 0.481 e. The molecule has 0 radical (unpaired) electrons. The summed E-state index contributed by atoms with van der Waals surface area (Å²) in [5.41, 5.74) is 21.4. The average Bonchev–Trinajstić information content (AvgIpc) is 1.38. The summed E-state index contributed by atoms with van der Waals surface area (Å²) in [5.74, 6) is 0.205. The van der Waals surface area contributed by atoms with Crippen LogP contribution in [0.25, 0.3) is 22.1 Å². The van der Waals surface area contributed by atoms with Crippen LogP contribution in [0.15, 0.2) is 134 Å². The van der Waals surface area contributed by atoms with E-state index >= 15 is 0 Å². The third-order valence-electron chi connectivity index (χ3n) is 17.5. The van der Waals surface area contributed by atoms with Gasteiger partial charge in [-0.25, -0.2) is 19.9 Å². The number of hydrogen-bond acceptors (Lipinski definition) is 15. The molecule has 0 saturated carbocycles. The average molecular weight is 1460 g/mol. The van der Waals surface area contributed by atoms with Crippen LogP contribution in [0.4, 0.5) is 5.82 Å². The van der Waals surface area contributed by atoms with E-state index in [0.29, 0.717) is 80.2 Å². The monoisotopic (exact) mass is 1450 g/mol. The number of aromatic amines is 2. The van der Waals surface area contributed by atoms with E-state index in [9.17, 15) is 19.2 Å².